The fourth-order valence-corrected chi connectivity index (χ4v) is 3.77. The zero-order chi connectivity index (χ0) is 19.4. The molecule has 8 heteroatoms. The lowest BCUT2D eigenvalue weighted by molar-refractivity contribution is 0.414. The molecule has 0 fully saturated rings. The number of nitrogens with one attached hydrogen (secondary N) is 2. The van der Waals surface area contributed by atoms with Crippen LogP contribution in [0.1, 0.15) is 5.56 Å². The van der Waals surface area contributed by atoms with Gasteiger partial charge in [-0.25, -0.2) is 17.8 Å². The Morgan fingerprint density at radius 3 is 2.48 bits per heavy atom. The second-order valence-electron chi connectivity index (χ2n) is 5.80. The van der Waals surface area contributed by atoms with Crippen molar-refractivity contribution in [1.82, 2.24) is 4.98 Å². The fourth-order valence-electron chi connectivity index (χ4n) is 2.50. The largest absolute Gasteiger partial charge is 0.497 e. The highest BCUT2D eigenvalue weighted by atomic mass is 32.2. The Morgan fingerprint density at radius 2 is 1.85 bits per heavy atom. The van der Waals surface area contributed by atoms with E-state index in [9.17, 15) is 12.8 Å². The highest BCUT2D eigenvalue weighted by Crippen LogP contribution is 2.24. The van der Waals surface area contributed by atoms with E-state index in [0.717, 1.165) is 0 Å². The quantitative estimate of drug-likeness (QED) is 0.666. The third-order valence-electron chi connectivity index (χ3n) is 3.78. The Bertz CT molecular complexity index is 1050. The number of benzene rings is 2. The summed E-state index contributed by atoms with van der Waals surface area (Å²) in [6.07, 6.45) is 1.39. The molecule has 6 nitrogen and oxygen atoms in total. The third-order valence-corrected chi connectivity index (χ3v) is 5.33. The molecule has 1 heterocycles. The highest BCUT2D eigenvalue weighted by Gasteiger charge is 2.17. The van der Waals surface area contributed by atoms with Crippen molar-refractivity contribution in [3.63, 3.8) is 0 Å². The van der Waals surface area contributed by atoms with E-state index in [1.807, 2.05) is 0 Å². The smallest absolute Gasteiger partial charge is 0.262 e. The number of rotatable bonds is 6. The van der Waals surface area contributed by atoms with E-state index in [2.05, 4.69) is 15.0 Å². The molecule has 0 aliphatic carbocycles. The van der Waals surface area contributed by atoms with E-state index in [0.29, 0.717) is 28.5 Å². The first-order valence-corrected chi connectivity index (χ1v) is 9.52. The molecular formula is C19H18FN3O3S. The van der Waals surface area contributed by atoms with Crippen molar-refractivity contribution in [2.45, 2.75) is 11.8 Å². The number of aromatic nitrogens is 1. The minimum absolute atomic E-state index is 0.158. The summed E-state index contributed by atoms with van der Waals surface area (Å²) in [7, 11) is -2.24. The van der Waals surface area contributed by atoms with Crippen LogP contribution in [0.25, 0.3) is 0 Å². The van der Waals surface area contributed by atoms with Gasteiger partial charge in [-0.1, -0.05) is 6.07 Å². The van der Waals surface area contributed by atoms with Crippen LogP contribution in [0.2, 0.25) is 0 Å². The summed E-state index contributed by atoms with van der Waals surface area (Å²) in [6.45, 7) is 1.70. The third kappa shape index (κ3) is 4.53. The van der Waals surface area contributed by atoms with Crippen LogP contribution in [0, 0.1) is 12.7 Å². The summed E-state index contributed by atoms with van der Waals surface area (Å²) in [4.78, 5) is 4.31. The van der Waals surface area contributed by atoms with Gasteiger partial charge in [-0.3, -0.25) is 4.72 Å². The molecule has 2 N–H and O–H groups in total. The van der Waals surface area contributed by atoms with Gasteiger partial charge in [-0.05, 0) is 61.0 Å². The zero-order valence-corrected chi connectivity index (χ0v) is 15.5. The molecular weight excluding hydrogens is 369 g/mol. The summed E-state index contributed by atoms with van der Waals surface area (Å²) in [6, 6.07) is 13.9. The van der Waals surface area contributed by atoms with Crippen molar-refractivity contribution in [2.75, 3.05) is 17.1 Å². The molecule has 0 saturated carbocycles. The number of nitrogens with zero attached hydrogens (tertiary/aromatic N) is 1. The SMILES string of the molecule is COc1ccc(S(=O)(=O)Nc2ccc(Nc3cccc(F)c3)nc2)c(C)c1. The van der Waals surface area contributed by atoms with Gasteiger partial charge >= 0.3 is 0 Å². The number of pyridine rings is 1. The summed E-state index contributed by atoms with van der Waals surface area (Å²) in [5, 5.41) is 2.95. The van der Waals surface area contributed by atoms with Gasteiger partial charge in [0.15, 0.2) is 0 Å². The second kappa shape index (κ2) is 7.63. The molecule has 0 aliphatic rings. The van der Waals surface area contributed by atoms with E-state index < -0.39 is 10.0 Å². The van der Waals surface area contributed by atoms with E-state index in [1.54, 1.807) is 43.3 Å². The number of methoxy groups -OCH3 is 1. The van der Waals surface area contributed by atoms with Crippen LogP contribution in [-0.4, -0.2) is 20.5 Å². The lowest BCUT2D eigenvalue weighted by Gasteiger charge is -2.12. The first-order chi connectivity index (χ1) is 12.9. The van der Waals surface area contributed by atoms with E-state index in [4.69, 9.17) is 4.74 Å². The molecule has 3 rings (SSSR count). The van der Waals surface area contributed by atoms with Crippen molar-refractivity contribution >= 4 is 27.2 Å². The van der Waals surface area contributed by atoms with Crippen molar-refractivity contribution in [3.8, 4) is 5.75 Å². The Morgan fingerprint density at radius 1 is 1.04 bits per heavy atom. The average molecular weight is 387 g/mol. The Balaban J connectivity index is 1.75. The fraction of sp³-hybridized carbons (Fsp3) is 0.105. The van der Waals surface area contributed by atoms with Gasteiger partial charge in [0.1, 0.15) is 17.4 Å². The van der Waals surface area contributed by atoms with Gasteiger partial charge in [-0.15, -0.1) is 0 Å². The van der Waals surface area contributed by atoms with Crippen molar-refractivity contribution in [2.24, 2.45) is 0 Å². The lowest BCUT2D eigenvalue weighted by atomic mass is 10.2. The van der Waals surface area contributed by atoms with Crippen molar-refractivity contribution < 1.29 is 17.5 Å². The first-order valence-electron chi connectivity index (χ1n) is 8.03. The van der Waals surface area contributed by atoms with E-state index in [-0.39, 0.29) is 10.7 Å². The number of halogens is 1. The minimum atomic E-state index is -3.76. The molecule has 140 valence electrons. The summed E-state index contributed by atoms with van der Waals surface area (Å²) in [5.41, 5.74) is 1.43. The summed E-state index contributed by atoms with van der Waals surface area (Å²) < 4.78 is 46.0. The number of aryl methyl sites for hydroxylation is 1. The molecule has 3 aromatic rings. The number of anilines is 3. The maximum atomic E-state index is 13.2. The first kappa shape index (κ1) is 18.7. The van der Waals surface area contributed by atoms with Gasteiger partial charge in [0.05, 0.1) is 23.9 Å². The van der Waals surface area contributed by atoms with E-state index in [1.165, 1.54) is 31.5 Å². The number of ether oxygens (including phenoxy) is 1. The summed E-state index contributed by atoms with van der Waals surface area (Å²) in [5.74, 6) is 0.685. The number of hydrogen-bond donors (Lipinski definition) is 2. The van der Waals surface area contributed by atoms with Gasteiger partial charge in [-0.2, -0.15) is 0 Å². The van der Waals surface area contributed by atoms with Crippen LogP contribution in [0.4, 0.5) is 21.6 Å². The molecule has 0 saturated heterocycles. The second-order valence-corrected chi connectivity index (χ2v) is 7.46. The minimum Gasteiger partial charge on any atom is -0.497 e. The summed E-state index contributed by atoms with van der Waals surface area (Å²) >= 11 is 0. The molecule has 0 atom stereocenters. The number of sulfonamides is 1. The highest BCUT2D eigenvalue weighted by molar-refractivity contribution is 7.92. The molecule has 0 radical (unpaired) electrons. The molecule has 0 amide bonds. The predicted molar refractivity (Wildman–Crippen MR) is 102 cm³/mol. The van der Waals surface area contributed by atoms with Crippen LogP contribution >= 0.6 is 0 Å². The predicted octanol–water partition coefficient (Wildman–Crippen LogP) is 4.08. The van der Waals surface area contributed by atoms with E-state index >= 15 is 0 Å². The maximum Gasteiger partial charge on any atom is 0.262 e. The monoisotopic (exact) mass is 387 g/mol. The van der Waals surface area contributed by atoms with Crippen molar-refractivity contribution in [3.05, 3.63) is 72.2 Å². The van der Waals surface area contributed by atoms with Gasteiger partial charge in [0, 0.05) is 5.69 Å². The Hall–Kier alpha value is -3.13. The topological polar surface area (TPSA) is 80.3 Å². The molecule has 1 aromatic heterocycles. The average Bonchev–Trinajstić information content (AvgIpc) is 2.63. The van der Waals surface area contributed by atoms with Crippen LogP contribution < -0.4 is 14.8 Å². The molecule has 0 bridgehead atoms. The number of hydrogen-bond acceptors (Lipinski definition) is 5. The van der Waals surface area contributed by atoms with Crippen LogP contribution in [0.15, 0.2) is 65.7 Å². The van der Waals surface area contributed by atoms with Crippen LogP contribution in [0.3, 0.4) is 0 Å². The Labute approximate surface area is 157 Å². The molecule has 0 aliphatic heterocycles. The van der Waals surface area contributed by atoms with Gasteiger partial charge < -0.3 is 10.1 Å². The van der Waals surface area contributed by atoms with Gasteiger partial charge in [0.2, 0.25) is 0 Å². The maximum absolute atomic E-state index is 13.2. The van der Waals surface area contributed by atoms with Crippen molar-refractivity contribution in [1.29, 1.82) is 0 Å². The molecule has 0 spiro atoms. The normalized spacial score (nSPS) is 11.1. The molecule has 2 aromatic carbocycles. The van der Waals surface area contributed by atoms with Crippen LogP contribution in [-0.2, 0) is 10.0 Å². The lowest BCUT2D eigenvalue weighted by Crippen LogP contribution is -2.14. The standard InChI is InChI=1S/C19H18FN3O3S/c1-13-10-17(26-2)7-8-18(13)27(24,25)23-16-6-9-19(21-12-16)22-15-5-3-4-14(20)11-15/h3-12,23H,1-2H3,(H,21,22). The molecule has 0 unspecified atom stereocenters. The zero-order valence-electron chi connectivity index (χ0n) is 14.7. The van der Waals surface area contributed by atoms with Gasteiger partial charge in [0.25, 0.3) is 10.0 Å². The Kier molecular flexibility index (Phi) is 5.27. The van der Waals surface area contributed by atoms with Crippen LogP contribution in [0.5, 0.6) is 5.75 Å². The molecule has 27 heavy (non-hydrogen) atoms.